The number of halogens is 1. The summed E-state index contributed by atoms with van der Waals surface area (Å²) in [5.41, 5.74) is 2.68. The van der Waals surface area contributed by atoms with E-state index in [-0.39, 0.29) is 0 Å². The van der Waals surface area contributed by atoms with Gasteiger partial charge in [-0.25, -0.2) is 0 Å². The first-order valence-electron chi connectivity index (χ1n) is 6.93. The number of likely N-dealkylation sites (tertiary alicyclic amines) is 1. The van der Waals surface area contributed by atoms with E-state index in [1.54, 1.807) is 0 Å². The second kappa shape index (κ2) is 7.27. The van der Waals surface area contributed by atoms with Crippen molar-refractivity contribution in [1.29, 1.82) is 0 Å². The molecule has 1 aromatic carbocycles. The molecule has 18 heavy (non-hydrogen) atoms. The molecule has 1 aromatic rings. The van der Waals surface area contributed by atoms with Crippen LogP contribution in [0, 0.1) is 6.92 Å². The predicted octanol–water partition coefficient (Wildman–Crippen LogP) is 3.33. The van der Waals surface area contributed by atoms with Crippen molar-refractivity contribution in [3.8, 4) is 0 Å². The summed E-state index contributed by atoms with van der Waals surface area (Å²) in [5, 5.41) is 3.54. The van der Waals surface area contributed by atoms with Crippen molar-refractivity contribution in [3.63, 3.8) is 0 Å². The van der Waals surface area contributed by atoms with E-state index in [9.17, 15) is 0 Å². The van der Waals surface area contributed by atoms with Gasteiger partial charge in [0.15, 0.2) is 0 Å². The summed E-state index contributed by atoms with van der Waals surface area (Å²) in [7, 11) is 0. The Bertz CT molecular complexity index is 353. The van der Waals surface area contributed by atoms with Crippen LogP contribution >= 0.6 is 15.9 Å². The number of piperidine rings is 1. The summed E-state index contributed by atoms with van der Waals surface area (Å²) in [4.78, 5) is 2.57. The fourth-order valence-electron chi connectivity index (χ4n) is 2.57. The minimum atomic E-state index is 0.966. The lowest BCUT2D eigenvalue weighted by atomic mass is 10.1. The molecule has 1 fully saturated rings. The molecule has 1 aliphatic heterocycles. The average Bonchev–Trinajstić information content (AvgIpc) is 2.35. The smallest absolute Gasteiger partial charge is 0.0206 e. The van der Waals surface area contributed by atoms with Gasteiger partial charge in [0, 0.05) is 24.1 Å². The van der Waals surface area contributed by atoms with Crippen LogP contribution in [0.1, 0.15) is 30.4 Å². The van der Waals surface area contributed by atoms with Crippen LogP contribution in [-0.4, -0.2) is 31.1 Å². The van der Waals surface area contributed by atoms with Crippen molar-refractivity contribution in [2.45, 2.75) is 32.7 Å². The maximum absolute atomic E-state index is 3.55. The normalized spacial score (nSPS) is 17.0. The number of hydrogen-bond acceptors (Lipinski definition) is 2. The van der Waals surface area contributed by atoms with Crippen LogP contribution in [0.4, 0.5) is 0 Å². The van der Waals surface area contributed by atoms with Crippen LogP contribution in [-0.2, 0) is 6.54 Å². The van der Waals surface area contributed by atoms with E-state index in [2.05, 4.69) is 51.3 Å². The SMILES string of the molecule is Cc1cc(Br)cc(CNCCN2CCCCC2)c1. The molecule has 0 spiro atoms. The highest BCUT2D eigenvalue weighted by Gasteiger charge is 2.08. The molecule has 0 amide bonds. The number of benzene rings is 1. The van der Waals surface area contributed by atoms with Gasteiger partial charge in [-0.1, -0.05) is 28.4 Å². The Kier molecular flexibility index (Phi) is 5.67. The first-order valence-corrected chi connectivity index (χ1v) is 7.72. The van der Waals surface area contributed by atoms with E-state index in [4.69, 9.17) is 0 Å². The molecular weight excluding hydrogens is 288 g/mol. The Hall–Kier alpha value is -0.380. The molecule has 2 rings (SSSR count). The molecule has 0 saturated carbocycles. The second-order valence-electron chi connectivity index (χ2n) is 5.22. The molecule has 0 aliphatic carbocycles. The minimum absolute atomic E-state index is 0.966. The van der Waals surface area contributed by atoms with Crippen LogP contribution < -0.4 is 5.32 Å². The molecule has 0 aromatic heterocycles. The van der Waals surface area contributed by atoms with Gasteiger partial charge in [0.2, 0.25) is 0 Å². The second-order valence-corrected chi connectivity index (χ2v) is 6.13. The van der Waals surface area contributed by atoms with Crippen molar-refractivity contribution in [3.05, 3.63) is 33.8 Å². The largest absolute Gasteiger partial charge is 0.311 e. The number of rotatable bonds is 5. The van der Waals surface area contributed by atoms with E-state index >= 15 is 0 Å². The topological polar surface area (TPSA) is 15.3 Å². The van der Waals surface area contributed by atoms with Crippen molar-refractivity contribution < 1.29 is 0 Å². The Morgan fingerprint density at radius 3 is 2.67 bits per heavy atom. The fourth-order valence-corrected chi connectivity index (χ4v) is 3.22. The highest BCUT2D eigenvalue weighted by molar-refractivity contribution is 9.10. The molecule has 1 saturated heterocycles. The molecular formula is C15H23BrN2. The van der Waals surface area contributed by atoms with Crippen molar-refractivity contribution in [2.75, 3.05) is 26.2 Å². The van der Waals surface area contributed by atoms with Crippen molar-refractivity contribution in [1.82, 2.24) is 10.2 Å². The van der Waals surface area contributed by atoms with Gasteiger partial charge >= 0.3 is 0 Å². The number of aryl methyl sites for hydroxylation is 1. The summed E-state index contributed by atoms with van der Waals surface area (Å²) in [6.45, 7) is 7.96. The van der Waals surface area contributed by atoms with Gasteiger partial charge in [-0.3, -0.25) is 0 Å². The van der Waals surface area contributed by atoms with E-state index in [1.807, 2.05) is 0 Å². The number of nitrogens with one attached hydrogen (secondary N) is 1. The van der Waals surface area contributed by atoms with E-state index in [0.717, 1.165) is 13.1 Å². The van der Waals surface area contributed by atoms with Gasteiger partial charge in [-0.2, -0.15) is 0 Å². The first-order chi connectivity index (χ1) is 8.74. The molecule has 3 heteroatoms. The summed E-state index contributed by atoms with van der Waals surface area (Å²) in [5.74, 6) is 0. The van der Waals surface area contributed by atoms with Crippen LogP contribution in [0.25, 0.3) is 0 Å². The van der Waals surface area contributed by atoms with Gasteiger partial charge < -0.3 is 10.2 Å². The summed E-state index contributed by atoms with van der Waals surface area (Å²) in [6, 6.07) is 6.59. The predicted molar refractivity (Wildman–Crippen MR) is 80.9 cm³/mol. The maximum Gasteiger partial charge on any atom is 0.0206 e. The van der Waals surface area contributed by atoms with Gasteiger partial charge in [0.25, 0.3) is 0 Å². The van der Waals surface area contributed by atoms with Crippen LogP contribution in [0.3, 0.4) is 0 Å². The lowest BCUT2D eigenvalue weighted by Gasteiger charge is -2.26. The molecule has 2 nitrogen and oxygen atoms in total. The summed E-state index contributed by atoms with van der Waals surface area (Å²) < 4.78 is 1.18. The fraction of sp³-hybridized carbons (Fsp3) is 0.600. The molecule has 1 aliphatic rings. The van der Waals surface area contributed by atoms with Crippen LogP contribution in [0.2, 0.25) is 0 Å². The number of nitrogens with zero attached hydrogens (tertiary/aromatic N) is 1. The third-order valence-corrected chi connectivity index (χ3v) is 3.94. The molecule has 0 radical (unpaired) electrons. The Morgan fingerprint density at radius 2 is 1.94 bits per heavy atom. The summed E-state index contributed by atoms with van der Waals surface area (Å²) in [6.07, 6.45) is 4.18. The Morgan fingerprint density at radius 1 is 1.17 bits per heavy atom. The molecule has 1 N–H and O–H groups in total. The van der Waals surface area contributed by atoms with E-state index < -0.39 is 0 Å². The van der Waals surface area contributed by atoms with E-state index in [0.29, 0.717) is 0 Å². The number of hydrogen-bond donors (Lipinski definition) is 1. The third-order valence-electron chi connectivity index (χ3n) is 3.48. The van der Waals surface area contributed by atoms with Gasteiger partial charge in [-0.05, 0) is 56.1 Å². The van der Waals surface area contributed by atoms with Gasteiger partial charge in [-0.15, -0.1) is 0 Å². The quantitative estimate of drug-likeness (QED) is 0.839. The molecule has 0 unspecified atom stereocenters. The van der Waals surface area contributed by atoms with Crippen LogP contribution in [0.5, 0.6) is 0 Å². The van der Waals surface area contributed by atoms with Crippen molar-refractivity contribution in [2.24, 2.45) is 0 Å². The first kappa shape index (κ1) is 14.0. The molecule has 0 bridgehead atoms. The van der Waals surface area contributed by atoms with Gasteiger partial charge in [0.05, 0.1) is 0 Å². The molecule has 0 atom stereocenters. The van der Waals surface area contributed by atoms with Crippen LogP contribution in [0.15, 0.2) is 22.7 Å². The lowest BCUT2D eigenvalue weighted by Crippen LogP contribution is -2.35. The zero-order valence-corrected chi connectivity index (χ0v) is 12.8. The molecule has 100 valence electrons. The Balaban J connectivity index is 1.68. The third kappa shape index (κ3) is 4.71. The van der Waals surface area contributed by atoms with Gasteiger partial charge in [0.1, 0.15) is 0 Å². The monoisotopic (exact) mass is 310 g/mol. The lowest BCUT2D eigenvalue weighted by molar-refractivity contribution is 0.229. The summed E-state index contributed by atoms with van der Waals surface area (Å²) >= 11 is 3.55. The zero-order valence-electron chi connectivity index (χ0n) is 11.2. The molecule has 1 heterocycles. The highest BCUT2D eigenvalue weighted by Crippen LogP contribution is 2.15. The Labute approximate surface area is 119 Å². The van der Waals surface area contributed by atoms with E-state index in [1.165, 1.54) is 54.5 Å². The minimum Gasteiger partial charge on any atom is -0.311 e. The average molecular weight is 311 g/mol. The zero-order chi connectivity index (χ0) is 12.8. The highest BCUT2D eigenvalue weighted by atomic mass is 79.9. The standard InChI is InChI=1S/C15H23BrN2/c1-13-9-14(11-15(16)10-13)12-17-5-8-18-6-3-2-4-7-18/h9-11,17H,2-8,12H2,1H3. The van der Waals surface area contributed by atoms with Crippen molar-refractivity contribution >= 4 is 15.9 Å². The maximum atomic E-state index is 3.55.